The molecule has 0 aliphatic rings. The first kappa shape index (κ1) is 23.8. The summed E-state index contributed by atoms with van der Waals surface area (Å²) in [5.41, 5.74) is -1.71. The van der Waals surface area contributed by atoms with E-state index in [4.69, 9.17) is 18.9 Å². The van der Waals surface area contributed by atoms with Gasteiger partial charge in [0.05, 0.1) is 20.5 Å². The van der Waals surface area contributed by atoms with Gasteiger partial charge in [-0.05, 0) is 60.5 Å². The van der Waals surface area contributed by atoms with Crippen molar-refractivity contribution in [3.63, 3.8) is 0 Å². The van der Waals surface area contributed by atoms with Gasteiger partial charge in [-0.3, -0.25) is 0 Å². The molecule has 0 aliphatic carbocycles. The van der Waals surface area contributed by atoms with Crippen LogP contribution in [0.2, 0.25) is 0 Å². The van der Waals surface area contributed by atoms with E-state index in [2.05, 4.69) is 0 Å². The number of carbonyl (C=O) groups is 3. The van der Waals surface area contributed by atoms with E-state index in [0.717, 1.165) is 0 Å². The van der Waals surface area contributed by atoms with Crippen molar-refractivity contribution in [1.82, 2.24) is 4.90 Å². The standard InChI is InChI=1S/C18H31NO7/c1-17(2,3)25-15(21)19(16(22)26-18(4,5)6)13(14(20)24-8)11-9-10-12-23-7/h10,12-13H,9,11H2,1-8H3/t13-/m0/s1. The molecule has 0 rings (SSSR count). The number of esters is 1. The molecule has 8 heteroatoms. The van der Waals surface area contributed by atoms with Crippen molar-refractivity contribution in [3.05, 3.63) is 12.3 Å². The molecule has 0 spiro atoms. The minimum atomic E-state index is -1.19. The molecule has 2 amide bonds. The van der Waals surface area contributed by atoms with Gasteiger partial charge in [0.2, 0.25) is 0 Å². The van der Waals surface area contributed by atoms with E-state index in [9.17, 15) is 14.4 Å². The van der Waals surface area contributed by atoms with Crippen LogP contribution in [0.5, 0.6) is 0 Å². The topological polar surface area (TPSA) is 91.4 Å². The van der Waals surface area contributed by atoms with Crippen LogP contribution in [-0.4, -0.2) is 54.5 Å². The number of allylic oxidation sites excluding steroid dienone is 1. The second kappa shape index (κ2) is 10.0. The predicted molar refractivity (Wildman–Crippen MR) is 95.5 cm³/mol. The highest BCUT2D eigenvalue weighted by atomic mass is 16.6. The summed E-state index contributed by atoms with van der Waals surface area (Å²) in [6, 6.07) is -1.19. The highest BCUT2D eigenvalue weighted by Gasteiger charge is 2.40. The highest BCUT2D eigenvalue weighted by Crippen LogP contribution is 2.20. The Morgan fingerprint density at radius 1 is 0.923 bits per heavy atom. The SMILES string of the molecule is COC=CCC[C@@H](C(=O)OC)N(C(=O)OC(C)(C)C)C(=O)OC(C)(C)C. The predicted octanol–water partition coefficient (Wildman–Crippen LogP) is 3.64. The van der Waals surface area contributed by atoms with Crippen molar-refractivity contribution >= 4 is 18.2 Å². The number of ether oxygens (including phenoxy) is 4. The number of amides is 2. The van der Waals surface area contributed by atoms with Gasteiger partial charge < -0.3 is 18.9 Å². The maximum absolute atomic E-state index is 12.6. The fraction of sp³-hybridized carbons (Fsp3) is 0.722. The van der Waals surface area contributed by atoms with Gasteiger partial charge in [-0.15, -0.1) is 0 Å². The Hall–Kier alpha value is -2.25. The Balaban J connectivity index is 5.69. The van der Waals surface area contributed by atoms with Crippen LogP contribution in [-0.2, 0) is 23.7 Å². The number of imide groups is 1. The molecule has 0 aromatic carbocycles. The van der Waals surface area contributed by atoms with Gasteiger partial charge in [0.1, 0.15) is 17.2 Å². The molecular formula is C18H31NO7. The summed E-state index contributed by atoms with van der Waals surface area (Å²) >= 11 is 0. The lowest BCUT2D eigenvalue weighted by Gasteiger charge is -2.32. The van der Waals surface area contributed by atoms with E-state index in [1.807, 2.05) is 0 Å². The number of carbonyl (C=O) groups excluding carboxylic acids is 3. The number of hydrogen-bond acceptors (Lipinski definition) is 7. The average molecular weight is 373 g/mol. The molecule has 0 unspecified atom stereocenters. The zero-order chi connectivity index (χ0) is 20.5. The van der Waals surface area contributed by atoms with Crippen LogP contribution in [0.25, 0.3) is 0 Å². The maximum atomic E-state index is 12.6. The molecule has 0 aromatic heterocycles. The van der Waals surface area contributed by atoms with E-state index in [0.29, 0.717) is 11.3 Å². The molecule has 0 N–H and O–H groups in total. The fourth-order valence-electron chi connectivity index (χ4n) is 1.86. The molecule has 0 aliphatic heterocycles. The van der Waals surface area contributed by atoms with Crippen molar-refractivity contribution in [3.8, 4) is 0 Å². The largest absolute Gasteiger partial charge is 0.505 e. The van der Waals surface area contributed by atoms with Gasteiger partial charge in [-0.25, -0.2) is 14.4 Å². The smallest absolute Gasteiger partial charge is 0.420 e. The molecular weight excluding hydrogens is 342 g/mol. The van der Waals surface area contributed by atoms with Gasteiger partial charge in [-0.1, -0.05) is 0 Å². The lowest BCUT2D eigenvalue weighted by molar-refractivity contribution is -0.146. The second-order valence-electron chi connectivity index (χ2n) is 7.55. The minimum absolute atomic E-state index is 0.130. The van der Waals surface area contributed by atoms with Crippen molar-refractivity contribution < 1.29 is 33.3 Å². The van der Waals surface area contributed by atoms with Crippen molar-refractivity contribution in [2.45, 2.75) is 71.6 Å². The summed E-state index contributed by atoms with van der Waals surface area (Å²) in [4.78, 5) is 38.1. The van der Waals surface area contributed by atoms with Crippen LogP contribution < -0.4 is 0 Å². The highest BCUT2D eigenvalue weighted by molar-refractivity contribution is 5.94. The van der Waals surface area contributed by atoms with Crippen LogP contribution in [0, 0.1) is 0 Å². The van der Waals surface area contributed by atoms with Gasteiger partial charge >= 0.3 is 18.2 Å². The summed E-state index contributed by atoms with van der Waals surface area (Å²) in [5, 5.41) is 0. The van der Waals surface area contributed by atoms with E-state index >= 15 is 0 Å². The summed E-state index contributed by atoms with van der Waals surface area (Å²) < 4.78 is 20.1. The summed E-state index contributed by atoms with van der Waals surface area (Å²) in [5.74, 6) is -0.743. The molecule has 0 aromatic rings. The molecule has 0 saturated carbocycles. The minimum Gasteiger partial charge on any atom is -0.505 e. The molecule has 0 fully saturated rings. The Bertz CT molecular complexity index is 487. The summed E-state index contributed by atoms with van der Waals surface area (Å²) in [6.07, 6.45) is 1.66. The number of rotatable bonds is 6. The third-order valence-corrected chi connectivity index (χ3v) is 2.80. The fourth-order valence-corrected chi connectivity index (χ4v) is 1.86. The second-order valence-corrected chi connectivity index (χ2v) is 7.55. The lowest BCUT2D eigenvalue weighted by Crippen LogP contribution is -2.52. The maximum Gasteiger partial charge on any atom is 0.420 e. The first-order chi connectivity index (χ1) is 11.8. The molecule has 0 radical (unpaired) electrons. The Kier molecular flexibility index (Phi) is 9.17. The van der Waals surface area contributed by atoms with Crippen LogP contribution in [0.4, 0.5) is 9.59 Å². The van der Waals surface area contributed by atoms with Gasteiger partial charge in [0, 0.05) is 0 Å². The Morgan fingerprint density at radius 2 is 1.38 bits per heavy atom. The van der Waals surface area contributed by atoms with E-state index in [1.165, 1.54) is 20.5 Å². The van der Waals surface area contributed by atoms with Gasteiger partial charge in [0.15, 0.2) is 0 Å². The zero-order valence-electron chi connectivity index (χ0n) is 17.0. The van der Waals surface area contributed by atoms with Crippen LogP contribution in [0.15, 0.2) is 12.3 Å². The third-order valence-electron chi connectivity index (χ3n) is 2.80. The monoisotopic (exact) mass is 373 g/mol. The zero-order valence-corrected chi connectivity index (χ0v) is 17.0. The first-order valence-corrected chi connectivity index (χ1v) is 8.33. The number of methoxy groups -OCH3 is 2. The Morgan fingerprint density at radius 3 is 1.73 bits per heavy atom. The van der Waals surface area contributed by atoms with Gasteiger partial charge in [0.25, 0.3) is 0 Å². The van der Waals surface area contributed by atoms with E-state index in [-0.39, 0.29) is 6.42 Å². The molecule has 8 nitrogen and oxygen atoms in total. The van der Waals surface area contributed by atoms with Crippen LogP contribution in [0.3, 0.4) is 0 Å². The van der Waals surface area contributed by atoms with Crippen molar-refractivity contribution in [2.75, 3.05) is 14.2 Å². The normalized spacial score (nSPS) is 13.1. The molecule has 150 valence electrons. The Labute approximate surface area is 155 Å². The van der Waals surface area contributed by atoms with Crippen molar-refractivity contribution in [2.24, 2.45) is 0 Å². The molecule has 0 bridgehead atoms. The quantitative estimate of drug-likeness (QED) is 0.399. The van der Waals surface area contributed by atoms with Gasteiger partial charge in [-0.2, -0.15) is 4.90 Å². The van der Waals surface area contributed by atoms with E-state index in [1.54, 1.807) is 47.6 Å². The van der Waals surface area contributed by atoms with Crippen LogP contribution in [0.1, 0.15) is 54.4 Å². The van der Waals surface area contributed by atoms with Crippen molar-refractivity contribution in [1.29, 1.82) is 0 Å². The first-order valence-electron chi connectivity index (χ1n) is 8.33. The molecule has 0 heterocycles. The molecule has 1 atom stereocenters. The lowest BCUT2D eigenvalue weighted by atomic mass is 10.1. The third kappa shape index (κ3) is 9.29. The molecule has 0 saturated heterocycles. The number of nitrogens with zero attached hydrogens (tertiary/aromatic N) is 1. The summed E-state index contributed by atoms with van der Waals surface area (Å²) in [6.45, 7) is 9.96. The summed E-state index contributed by atoms with van der Waals surface area (Å²) in [7, 11) is 2.67. The van der Waals surface area contributed by atoms with E-state index < -0.39 is 35.4 Å². The average Bonchev–Trinajstić information content (AvgIpc) is 2.45. The molecule has 26 heavy (non-hydrogen) atoms. The van der Waals surface area contributed by atoms with Crippen LogP contribution >= 0.6 is 0 Å². The number of hydrogen-bond donors (Lipinski definition) is 0.